The van der Waals surface area contributed by atoms with Crippen LogP contribution in [-0.2, 0) is 0 Å². The number of benzene rings is 2. The number of nitrogens with zero attached hydrogens (tertiary/aromatic N) is 2. The standard InChI is InChI=1S/C25H25ClN6O/c26-21-14-29-25(32-23(21)20-13-28-22-7-2-1-6-19(20)22)31-18-5-3-4-17(12-18)30-24(33)15-8-10-16(27)11-9-15/h1-2,6-11,13-14,17-18,28H,3-5,12,27H2,(H,30,33)(H,29,31,32)/t17-,18?/m0/s1. The predicted molar refractivity (Wildman–Crippen MR) is 132 cm³/mol. The molecular formula is C25H25ClN6O. The summed E-state index contributed by atoms with van der Waals surface area (Å²) in [6.07, 6.45) is 7.30. The van der Waals surface area contributed by atoms with Gasteiger partial charge in [0.1, 0.15) is 0 Å². The number of halogens is 1. The van der Waals surface area contributed by atoms with Gasteiger partial charge >= 0.3 is 0 Å². The minimum Gasteiger partial charge on any atom is -0.399 e. The molecule has 8 heteroatoms. The van der Waals surface area contributed by atoms with Gasteiger partial charge in [0.15, 0.2) is 0 Å². The van der Waals surface area contributed by atoms with Crippen molar-refractivity contribution in [2.75, 3.05) is 11.1 Å². The molecule has 168 valence electrons. The lowest BCUT2D eigenvalue weighted by Gasteiger charge is -2.30. The molecule has 1 aliphatic rings. The number of hydrogen-bond acceptors (Lipinski definition) is 5. The van der Waals surface area contributed by atoms with Gasteiger partial charge in [-0.1, -0.05) is 29.8 Å². The summed E-state index contributed by atoms with van der Waals surface area (Å²) in [4.78, 5) is 25.0. The number of hydrogen-bond donors (Lipinski definition) is 4. The molecule has 5 rings (SSSR count). The van der Waals surface area contributed by atoms with Crippen molar-refractivity contribution in [1.29, 1.82) is 0 Å². The first kappa shape index (κ1) is 21.3. The normalized spacial score (nSPS) is 18.2. The number of H-pyrrole nitrogens is 1. The number of carbonyl (C=O) groups excluding carboxylic acids is 1. The summed E-state index contributed by atoms with van der Waals surface area (Å²) in [5.41, 5.74) is 9.64. The molecule has 2 heterocycles. The molecule has 0 radical (unpaired) electrons. The highest BCUT2D eigenvalue weighted by Gasteiger charge is 2.24. The maximum absolute atomic E-state index is 12.6. The zero-order chi connectivity index (χ0) is 22.8. The second-order valence-corrected chi connectivity index (χ2v) is 8.85. The van der Waals surface area contributed by atoms with E-state index in [1.54, 1.807) is 30.5 Å². The maximum atomic E-state index is 12.6. The number of aromatic nitrogens is 3. The molecule has 2 atom stereocenters. The molecule has 5 N–H and O–H groups in total. The van der Waals surface area contributed by atoms with Crippen LogP contribution in [0.1, 0.15) is 36.0 Å². The fourth-order valence-corrected chi connectivity index (χ4v) is 4.62. The topological polar surface area (TPSA) is 109 Å². The first-order valence-corrected chi connectivity index (χ1v) is 11.5. The molecule has 7 nitrogen and oxygen atoms in total. The number of anilines is 2. The molecule has 0 bridgehead atoms. The Morgan fingerprint density at radius 3 is 2.73 bits per heavy atom. The highest BCUT2D eigenvalue weighted by Crippen LogP contribution is 2.32. The van der Waals surface area contributed by atoms with Gasteiger partial charge in [0.25, 0.3) is 5.91 Å². The Morgan fingerprint density at radius 2 is 1.88 bits per heavy atom. The molecule has 2 aromatic carbocycles. The number of nitrogen functional groups attached to an aromatic ring is 1. The number of fused-ring (bicyclic) bond motifs is 1. The third kappa shape index (κ3) is 4.64. The van der Waals surface area contributed by atoms with Crippen molar-refractivity contribution in [1.82, 2.24) is 20.3 Å². The van der Waals surface area contributed by atoms with Crippen LogP contribution in [0.15, 0.2) is 60.9 Å². The van der Waals surface area contributed by atoms with Crippen molar-refractivity contribution in [3.05, 3.63) is 71.5 Å². The van der Waals surface area contributed by atoms with Crippen molar-refractivity contribution in [2.45, 2.75) is 37.8 Å². The van der Waals surface area contributed by atoms with E-state index in [1.807, 2.05) is 30.5 Å². The fraction of sp³-hybridized carbons (Fsp3) is 0.240. The van der Waals surface area contributed by atoms with Crippen LogP contribution in [0.25, 0.3) is 22.2 Å². The van der Waals surface area contributed by atoms with Crippen molar-refractivity contribution in [3.8, 4) is 11.3 Å². The van der Waals surface area contributed by atoms with Gasteiger partial charge in [0.05, 0.1) is 16.9 Å². The summed E-state index contributed by atoms with van der Waals surface area (Å²) >= 11 is 6.46. The van der Waals surface area contributed by atoms with E-state index >= 15 is 0 Å². The zero-order valence-electron chi connectivity index (χ0n) is 18.0. The predicted octanol–water partition coefficient (Wildman–Crippen LogP) is 5.01. The van der Waals surface area contributed by atoms with E-state index in [4.69, 9.17) is 22.3 Å². The smallest absolute Gasteiger partial charge is 0.251 e. The van der Waals surface area contributed by atoms with Crippen molar-refractivity contribution < 1.29 is 4.79 Å². The molecule has 1 amide bonds. The summed E-state index contributed by atoms with van der Waals surface area (Å²) in [5.74, 6) is 0.459. The minimum absolute atomic E-state index is 0.0787. The summed E-state index contributed by atoms with van der Waals surface area (Å²) in [6.45, 7) is 0. The average molecular weight is 461 g/mol. The second kappa shape index (κ2) is 9.11. The monoisotopic (exact) mass is 460 g/mol. The van der Waals surface area contributed by atoms with Crippen LogP contribution in [-0.4, -0.2) is 32.9 Å². The SMILES string of the molecule is Nc1ccc(C(=O)N[C@H]2CCCC(Nc3ncc(Cl)c(-c4c[nH]c5ccccc45)n3)C2)cc1. The Balaban J connectivity index is 1.29. The average Bonchev–Trinajstić information content (AvgIpc) is 3.25. The second-order valence-electron chi connectivity index (χ2n) is 8.44. The summed E-state index contributed by atoms with van der Waals surface area (Å²) in [5, 5.41) is 8.16. The van der Waals surface area contributed by atoms with Crippen LogP contribution in [0.5, 0.6) is 0 Å². The Hall–Kier alpha value is -3.58. The molecule has 0 aliphatic heterocycles. The lowest BCUT2D eigenvalue weighted by atomic mass is 9.91. The molecule has 33 heavy (non-hydrogen) atoms. The zero-order valence-corrected chi connectivity index (χ0v) is 18.8. The van der Waals surface area contributed by atoms with E-state index in [1.165, 1.54) is 0 Å². The highest BCUT2D eigenvalue weighted by molar-refractivity contribution is 6.33. The summed E-state index contributed by atoms with van der Waals surface area (Å²) in [6, 6.07) is 15.3. The first-order chi connectivity index (χ1) is 16.1. The molecule has 2 aromatic heterocycles. The number of nitrogens with one attached hydrogen (secondary N) is 3. The van der Waals surface area contributed by atoms with Crippen LogP contribution < -0.4 is 16.4 Å². The molecular weight excluding hydrogens is 436 g/mol. The van der Waals surface area contributed by atoms with Gasteiger partial charge in [0.2, 0.25) is 5.95 Å². The van der Waals surface area contributed by atoms with Gasteiger partial charge in [0, 0.05) is 46.0 Å². The highest BCUT2D eigenvalue weighted by atomic mass is 35.5. The van der Waals surface area contributed by atoms with Crippen LogP contribution in [0.2, 0.25) is 5.02 Å². The number of para-hydroxylation sites is 1. The molecule has 1 fully saturated rings. The van der Waals surface area contributed by atoms with E-state index < -0.39 is 0 Å². The van der Waals surface area contributed by atoms with E-state index in [9.17, 15) is 4.79 Å². The number of aromatic amines is 1. The number of amides is 1. The van der Waals surface area contributed by atoms with E-state index in [2.05, 4.69) is 20.6 Å². The van der Waals surface area contributed by atoms with Gasteiger partial charge in [-0.2, -0.15) is 0 Å². The van der Waals surface area contributed by atoms with Crippen LogP contribution in [0.3, 0.4) is 0 Å². The minimum atomic E-state index is -0.0787. The number of carbonyl (C=O) groups is 1. The van der Waals surface area contributed by atoms with Crippen LogP contribution in [0, 0.1) is 0 Å². The van der Waals surface area contributed by atoms with E-state index in [0.717, 1.165) is 42.1 Å². The maximum Gasteiger partial charge on any atom is 0.251 e. The first-order valence-electron chi connectivity index (χ1n) is 11.1. The lowest BCUT2D eigenvalue weighted by molar-refractivity contribution is 0.0926. The summed E-state index contributed by atoms with van der Waals surface area (Å²) < 4.78 is 0. The Kier molecular flexibility index (Phi) is 5.88. The third-order valence-corrected chi connectivity index (χ3v) is 6.38. The van der Waals surface area contributed by atoms with Crippen LogP contribution >= 0.6 is 11.6 Å². The van der Waals surface area contributed by atoms with Crippen LogP contribution in [0.4, 0.5) is 11.6 Å². The van der Waals surface area contributed by atoms with Crippen molar-refractivity contribution >= 4 is 40.0 Å². The van der Waals surface area contributed by atoms with Crippen molar-refractivity contribution in [3.63, 3.8) is 0 Å². The number of nitrogens with two attached hydrogens (primary N) is 1. The molecule has 1 unspecified atom stereocenters. The summed E-state index contributed by atoms with van der Waals surface area (Å²) in [7, 11) is 0. The molecule has 1 saturated carbocycles. The molecule has 1 aliphatic carbocycles. The lowest BCUT2D eigenvalue weighted by Crippen LogP contribution is -2.42. The van der Waals surface area contributed by atoms with E-state index in [0.29, 0.717) is 27.9 Å². The van der Waals surface area contributed by atoms with Gasteiger partial charge in [-0.3, -0.25) is 4.79 Å². The van der Waals surface area contributed by atoms with Gasteiger partial charge in [-0.25, -0.2) is 9.97 Å². The van der Waals surface area contributed by atoms with E-state index in [-0.39, 0.29) is 18.0 Å². The third-order valence-electron chi connectivity index (χ3n) is 6.10. The quantitative estimate of drug-likeness (QED) is 0.313. The van der Waals surface area contributed by atoms with Crippen molar-refractivity contribution in [2.24, 2.45) is 0 Å². The molecule has 4 aromatic rings. The number of rotatable bonds is 5. The fourth-order valence-electron chi connectivity index (χ4n) is 4.43. The Morgan fingerprint density at radius 1 is 1.09 bits per heavy atom. The molecule has 0 spiro atoms. The van der Waals surface area contributed by atoms with Gasteiger partial charge < -0.3 is 21.4 Å². The molecule has 0 saturated heterocycles. The largest absolute Gasteiger partial charge is 0.399 e. The van der Waals surface area contributed by atoms with Gasteiger partial charge in [-0.05, 0) is 56.0 Å². The Labute approximate surface area is 196 Å². The Bertz CT molecular complexity index is 1290. The van der Waals surface area contributed by atoms with Gasteiger partial charge in [-0.15, -0.1) is 0 Å².